The second-order valence-electron chi connectivity index (χ2n) is 6.06. The van der Waals surface area contributed by atoms with Crippen LogP contribution in [0.25, 0.3) is 0 Å². The molecule has 1 heterocycles. The first-order valence-corrected chi connectivity index (χ1v) is 7.89. The van der Waals surface area contributed by atoms with Crippen LogP contribution in [-0.4, -0.2) is 31.6 Å². The van der Waals surface area contributed by atoms with E-state index in [2.05, 4.69) is 24.5 Å². The van der Waals surface area contributed by atoms with Crippen LogP contribution in [0.2, 0.25) is 0 Å². The number of ether oxygens (including phenoxy) is 1. The van der Waals surface area contributed by atoms with Crippen molar-refractivity contribution < 1.29 is 9.53 Å². The maximum atomic E-state index is 12.0. The lowest BCUT2D eigenvalue weighted by molar-refractivity contribution is 0.0950. The third-order valence-electron chi connectivity index (χ3n) is 3.75. The molecule has 1 aliphatic heterocycles. The Balaban J connectivity index is 1.76. The summed E-state index contributed by atoms with van der Waals surface area (Å²) in [7, 11) is 0. The van der Waals surface area contributed by atoms with Gasteiger partial charge in [0.15, 0.2) is 0 Å². The predicted molar refractivity (Wildman–Crippen MR) is 84.7 cm³/mol. The molecular weight excluding hydrogens is 264 g/mol. The van der Waals surface area contributed by atoms with Crippen LogP contribution in [0.4, 0.5) is 0 Å². The fraction of sp³-hybridized carbons (Fsp3) is 0.588. The standard InChI is InChI=1S/C17H26N2O2/c1-13(2)9-11-21-16-7-5-14(6-8-16)17(20)19-12-15-4-3-10-18-15/h5-8,13,15,18H,3-4,9-12H2,1-2H3,(H,19,20). The Morgan fingerprint density at radius 3 is 2.76 bits per heavy atom. The van der Waals surface area contributed by atoms with Gasteiger partial charge in [0.25, 0.3) is 5.91 Å². The fourth-order valence-corrected chi connectivity index (χ4v) is 2.36. The summed E-state index contributed by atoms with van der Waals surface area (Å²) in [5, 5.41) is 6.35. The summed E-state index contributed by atoms with van der Waals surface area (Å²) in [6.45, 7) is 6.83. The van der Waals surface area contributed by atoms with Gasteiger partial charge in [0.1, 0.15) is 5.75 Å². The highest BCUT2D eigenvalue weighted by atomic mass is 16.5. The molecule has 1 aliphatic rings. The van der Waals surface area contributed by atoms with Crippen LogP contribution in [0, 0.1) is 5.92 Å². The lowest BCUT2D eigenvalue weighted by Gasteiger charge is -2.12. The normalized spacial score (nSPS) is 18.0. The third kappa shape index (κ3) is 5.38. The molecule has 0 radical (unpaired) electrons. The van der Waals surface area contributed by atoms with Crippen LogP contribution in [0.15, 0.2) is 24.3 Å². The van der Waals surface area contributed by atoms with Gasteiger partial charge in [-0.15, -0.1) is 0 Å². The Labute approximate surface area is 127 Å². The molecule has 1 saturated heterocycles. The number of benzene rings is 1. The molecular formula is C17H26N2O2. The predicted octanol–water partition coefficient (Wildman–Crippen LogP) is 2.59. The van der Waals surface area contributed by atoms with E-state index in [-0.39, 0.29) is 5.91 Å². The van der Waals surface area contributed by atoms with Crippen molar-refractivity contribution in [1.82, 2.24) is 10.6 Å². The molecule has 0 spiro atoms. The van der Waals surface area contributed by atoms with Crippen molar-refractivity contribution >= 4 is 5.91 Å². The largest absolute Gasteiger partial charge is 0.494 e. The summed E-state index contributed by atoms with van der Waals surface area (Å²) in [4.78, 5) is 12.0. The maximum absolute atomic E-state index is 12.0. The molecule has 21 heavy (non-hydrogen) atoms. The molecule has 0 aromatic heterocycles. The van der Waals surface area contributed by atoms with Gasteiger partial charge in [-0.1, -0.05) is 13.8 Å². The molecule has 0 bridgehead atoms. The molecule has 2 N–H and O–H groups in total. The maximum Gasteiger partial charge on any atom is 0.251 e. The van der Waals surface area contributed by atoms with Crippen molar-refractivity contribution in [2.24, 2.45) is 5.92 Å². The fourth-order valence-electron chi connectivity index (χ4n) is 2.36. The second kappa shape index (κ2) is 8.03. The molecule has 4 nitrogen and oxygen atoms in total. The molecule has 1 unspecified atom stereocenters. The third-order valence-corrected chi connectivity index (χ3v) is 3.75. The van der Waals surface area contributed by atoms with E-state index >= 15 is 0 Å². The average molecular weight is 290 g/mol. The first-order valence-electron chi connectivity index (χ1n) is 7.89. The van der Waals surface area contributed by atoms with Crippen LogP contribution in [0.5, 0.6) is 5.75 Å². The number of carbonyl (C=O) groups excluding carboxylic acids is 1. The van der Waals surface area contributed by atoms with Gasteiger partial charge in [-0.2, -0.15) is 0 Å². The summed E-state index contributed by atoms with van der Waals surface area (Å²) in [6, 6.07) is 7.80. The molecule has 1 amide bonds. The number of nitrogens with one attached hydrogen (secondary N) is 2. The summed E-state index contributed by atoms with van der Waals surface area (Å²) >= 11 is 0. The first-order chi connectivity index (χ1) is 10.1. The molecule has 4 heteroatoms. The quantitative estimate of drug-likeness (QED) is 0.811. The van der Waals surface area contributed by atoms with E-state index in [1.165, 1.54) is 6.42 Å². The molecule has 0 aliphatic carbocycles. The lowest BCUT2D eigenvalue weighted by atomic mass is 10.1. The lowest BCUT2D eigenvalue weighted by Crippen LogP contribution is -2.37. The van der Waals surface area contributed by atoms with Crippen LogP contribution in [0.1, 0.15) is 43.5 Å². The van der Waals surface area contributed by atoms with Gasteiger partial charge in [0.2, 0.25) is 0 Å². The van der Waals surface area contributed by atoms with Gasteiger partial charge in [0, 0.05) is 18.2 Å². The average Bonchev–Trinajstić information content (AvgIpc) is 2.98. The van der Waals surface area contributed by atoms with E-state index in [1.54, 1.807) is 0 Å². The first kappa shape index (κ1) is 15.8. The van der Waals surface area contributed by atoms with Crippen LogP contribution in [0.3, 0.4) is 0 Å². The Bertz CT molecular complexity index is 437. The topological polar surface area (TPSA) is 50.4 Å². The molecule has 1 aromatic carbocycles. The SMILES string of the molecule is CC(C)CCOc1ccc(C(=O)NCC2CCCN2)cc1. The summed E-state index contributed by atoms with van der Waals surface area (Å²) < 4.78 is 5.65. The van der Waals surface area contributed by atoms with Crippen molar-refractivity contribution in [3.63, 3.8) is 0 Å². The molecule has 1 fully saturated rings. The molecule has 1 aromatic rings. The number of rotatable bonds is 7. The summed E-state index contributed by atoms with van der Waals surface area (Å²) in [5.41, 5.74) is 0.684. The van der Waals surface area contributed by atoms with E-state index in [1.807, 2.05) is 24.3 Å². The summed E-state index contributed by atoms with van der Waals surface area (Å²) in [5.74, 6) is 1.45. The molecule has 0 saturated carbocycles. The number of hydrogen-bond acceptors (Lipinski definition) is 3. The minimum Gasteiger partial charge on any atom is -0.494 e. The smallest absolute Gasteiger partial charge is 0.251 e. The van der Waals surface area contributed by atoms with Gasteiger partial charge in [0.05, 0.1) is 6.61 Å². The minimum atomic E-state index is -0.0163. The van der Waals surface area contributed by atoms with E-state index in [0.29, 0.717) is 24.1 Å². The highest BCUT2D eigenvalue weighted by molar-refractivity contribution is 5.94. The zero-order chi connectivity index (χ0) is 15.1. The van der Waals surface area contributed by atoms with Crippen molar-refractivity contribution in [2.45, 2.75) is 39.2 Å². The number of amides is 1. The van der Waals surface area contributed by atoms with E-state index < -0.39 is 0 Å². The summed E-state index contributed by atoms with van der Waals surface area (Å²) in [6.07, 6.45) is 3.38. The van der Waals surface area contributed by atoms with Crippen LogP contribution < -0.4 is 15.4 Å². The Kier molecular flexibility index (Phi) is 6.05. The zero-order valence-corrected chi connectivity index (χ0v) is 13.0. The van der Waals surface area contributed by atoms with Gasteiger partial charge in [-0.05, 0) is 56.0 Å². The van der Waals surface area contributed by atoms with Gasteiger partial charge >= 0.3 is 0 Å². The Hall–Kier alpha value is -1.55. The Morgan fingerprint density at radius 2 is 2.14 bits per heavy atom. The monoisotopic (exact) mass is 290 g/mol. The van der Waals surface area contributed by atoms with E-state index in [0.717, 1.165) is 31.7 Å². The zero-order valence-electron chi connectivity index (χ0n) is 13.0. The molecule has 2 rings (SSSR count). The second-order valence-corrected chi connectivity index (χ2v) is 6.06. The van der Waals surface area contributed by atoms with Crippen LogP contribution in [-0.2, 0) is 0 Å². The van der Waals surface area contributed by atoms with E-state index in [9.17, 15) is 4.79 Å². The van der Waals surface area contributed by atoms with Crippen molar-refractivity contribution in [3.8, 4) is 5.75 Å². The van der Waals surface area contributed by atoms with Gasteiger partial charge < -0.3 is 15.4 Å². The van der Waals surface area contributed by atoms with Crippen LogP contribution >= 0.6 is 0 Å². The van der Waals surface area contributed by atoms with Crippen molar-refractivity contribution in [2.75, 3.05) is 19.7 Å². The van der Waals surface area contributed by atoms with Crippen molar-refractivity contribution in [3.05, 3.63) is 29.8 Å². The number of carbonyl (C=O) groups is 1. The minimum absolute atomic E-state index is 0.0163. The van der Waals surface area contributed by atoms with Gasteiger partial charge in [-0.25, -0.2) is 0 Å². The molecule has 1 atom stereocenters. The number of hydrogen-bond donors (Lipinski definition) is 2. The Morgan fingerprint density at radius 1 is 1.38 bits per heavy atom. The molecule has 116 valence electrons. The van der Waals surface area contributed by atoms with E-state index in [4.69, 9.17) is 4.74 Å². The highest BCUT2D eigenvalue weighted by Crippen LogP contribution is 2.13. The van der Waals surface area contributed by atoms with Gasteiger partial charge in [-0.3, -0.25) is 4.79 Å². The van der Waals surface area contributed by atoms with Crippen molar-refractivity contribution in [1.29, 1.82) is 0 Å². The highest BCUT2D eigenvalue weighted by Gasteiger charge is 2.15.